The molecule has 7 nitrogen and oxygen atoms in total. The molecule has 7 heteroatoms. The number of aromatic nitrogens is 2. The number of carbonyl (C=O) groups excluding carboxylic acids is 1. The molecule has 0 radical (unpaired) electrons. The maximum absolute atomic E-state index is 13.0. The summed E-state index contributed by atoms with van der Waals surface area (Å²) in [5, 5.41) is 7.36. The smallest absolute Gasteiger partial charge is 0.269 e. The number of nitrogens with zero attached hydrogens (tertiary/aromatic N) is 3. The Balaban J connectivity index is 1.62. The number of methoxy groups -OCH3 is 2. The first-order valence-electron chi connectivity index (χ1n) is 10.4. The highest BCUT2D eigenvalue weighted by Crippen LogP contribution is 2.37. The van der Waals surface area contributed by atoms with Crippen LogP contribution in [-0.2, 0) is 13.6 Å². The summed E-state index contributed by atoms with van der Waals surface area (Å²) in [6.07, 6.45) is 1.63. The Kier molecular flexibility index (Phi) is 6.23. The minimum absolute atomic E-state index is 0.0611. The van der Waals surface area contributed by atoms with Crippen LogP contribution in [0.1, 0.15) is 27.5 Å². The van der Waals surface area contributed by atoms with Crippen molar-refractivity contribution in [2.45, 2.75) is 18.5 Å². The normalized spacial score (nSPS) is 18.7. The molecule has 2 heterocycles. The van der Waals surface area contributed by atoms with Crippen LogP contribution in [0.5, 0.6) is 11.5 Å². The highest BCUT2D eigenvalue weighted by atomic mass is 16.5. The number of benzene rings is 2. The number of hydrogen-bond acceptors (Lipinski definition) is 5. The Hall–Kier alpha value is -3.32. The van der Waals surface area contributed by atoms with Gasteiger partial charge < -0.3 is 14.8 Å². The second-order valence-electron chi connectivity index (χ2n) is 7.81. The molecule has 4 rings (SSSR count). The number of rotatable bonds is 7. The van der Waals surface area contributed by atoms with Gasteiger partial charge in [0.2, 0.25) is 0 Å². The number of aryl methyl sites for hydroxylation is 1. The van der Waals surface area contributed by atoms with E-state index in [9.17, 15) is 4.79 Å². The zero-order chi connectivity index (χ0) is 21.8. The number of likely N-dealkylation sites (tertiary alicyclic amines) is 1. The average molecular weight is 421 g/mol. The SMILES string of the molecule is COc1ccc(OC)c([C@@H]2CN(Cc3ccccc3)C[C@H]2NC(=O)c2ccnn2C)c1. The van der Waals surface area contributed by atoms with Crippen molar-refractivity contribution >= 4 is 5.91 Å². The summed E-state index contributed by atoms with van der Waals surface area (Å²) < 4.78 is 12.7. The molecule has 1 fully saturated rings. The van der Waals surface area contributed by atoms with E-state index in [4.69, 9.17) is 9.47 Å². The zero-order valence-corrected chi connectivity index (χ0v) is 18.1. The fraction of sp³-hybridized carbons (Fsp3) is 0.333. The molecule has 0 bridgehead atoms. The zero-order valence-electron chi connectivity index (χ0n) is 18.1. The molecule has 1 saturated heterocycles. The third kappa shape index (κ3) is 4.56. The summed E-state index contributed by atoms with van der Waals surface area (Å²) in [5.41, 5.74) is 2.82. The minimum Gasteiger partial charge on any atom is -0.497 e. The van der Waals surface area contributed by atoms with E-state index in [1.54, 1.807) is 38.2 Å². The predicted molar refractivity (Wildman–Crippen MR) is 118 cm³/mol. The number of nitrogens with one attached hydrogen (secondary N) is 1. The highest BCUT2D eigenvalue weighted by molar-refractivity contribution is 5.92. The standard InChI is InChI=1S/C24H28N4O3/c1-27-22(11-12-25-27)24(29)26-21-16-28(14-17-7-5-4-6-8-17)15-20(21)19-13-18(30-2)9-10-23(19)31-3/h4-13,20-21H,14-16H2,1-3H3,(H,26,29)/t20-,21+/m0/s1. The molecule has 0 unspecified atom stereocenters. The fourth-order valence-corrected chi connectivity index (χ4v) is 4.29. The molecular formula is C24H28N4O3. The second kappa shape index (κ2) is 9.22. The monoisotopic (exact) mass is 420 g/mol. The van der Waals surface area contributed by atoms with Gasteiger partial charge in [0.15, 0.2) is 0 Å². The first-order chi connectivity index (χ1) is 15.1. The Morgan fingerprint density at radius 2 is 1.90 bits per heavy atom. The van der Waals surface area contributed by atoms with E-state index in [-0.39, 0.29) is 17.9 Å². The van der Waals surface area contributed by atoms with Gasteiger partial charge in [-0.25, -0.2) is 0 Å². The van der Waals surface area contributed by atoms with Crippen LogP contribution in [0.2, 0.25) is 0 Å². The summed E-state index contributed by atoms with van der Waals surface area (Å²) >= 11 is 0. The van der Waals surface area contributed by atoms with Crippen LogP contribution < -0.4 is 14.8 Å². The second-order valence-corrected chi connectivity index (χ2v) is 7.81. The third-order valence-electron chi connectivity index (χ3n) is 5.85. The predicted octanol–water partition coefficient (Wildman–Crippen LogP) is 2.84. The molecule has 1 amide bonds. The molecule has 1 aromatic heterocycles. The third-order valence-corrected chi connectivity index (χ3v) is 5.85. The van der Waals surface area contributed by atoms with Crippen molar-refractivity contribution < 1.29 is 14.3 Å². The van der Waals surface area contributed by atoms with E-state index >= 15 is 0 Å². The molecule has 162 valence electrons. The van der Waals surface area contributed by atoms with Gasteiger partial charge in [-0.2, -0.15) is 5.10 Å². The van der Waals surface area contributed by atoms with E-state index in [1.807, 2.05) is 24.3 Å². The molecule has 0 spiro atoms. The van der Waals surface area contributed by atoms with Crippen molar-refractivity contribution in [2.75, 3.05) is 27.3 Å². The largest absolute Gasteiger partial charge is 0.497 e. The van der Waals surface area contributed by atoms with Gasteiger partial charge in [0.05, 0.1) is 20.3 Å². The lowest BCUT2D eigenvalue weighted by atomic mass is 9.93. The van der Waals surface area contributed by atoms with Crippen molar-refractivity contribution in [1.82, 2.24) is 20.0 Å². The summed E-state index contributed by atoms with van der Waals surface area (Å²) in [7, 11) is 5.10. The van der Waals surface area contributed by atoms with Crippen LogP contribution in [0.15, 0.2) is 60.8 Å². The topological polar surface area (TPSA) is 68.6 Å². The Labute approximate surface area is 182 Å². The van der Waals surface area contributed by atoms with Crippen molar-refractivity contribution in [3.63, 3.8) is 0 Å². The molecular weight excluding hydrogens is 392 g/mol. The summed E-state index contributed by atoms with van der Waals surface area (Å²) in [6.45, 7) is 2.36. The van der Waals surface area contributed by atoms with Gasteiger partial charge in [-0.15, -0.1) is 0 Å². The van der Waals surface area contributed by atoms with Crippen molar-refractivity contribution in [1.29, 1.82) is 0 Å². The van der Waals surface area contributed by atoms with Crippen molar-refractivity contribution in [3.05, 3.63) is 77.6 Å². The Morgan fingerprint density at radius 1 is 1.10 bits per heavy atom. The molecule has 0 aliphatic carbocycles. The lowest BCUT2D eigenvalue weighted by molar-refractivity contribution is 0.0925. The van der Waals surface area contributed by atoms with Gasteiger partial charge in [-0.1, -0.05) is 30.3 Å². The molecule has 3 aromatic rings. The summed E-state index contributed by atoms with van der Waals surface area (Å²) in [5.74, 6) is 1.51. The van der Waals surface area contributed by atoms with Gasteiger partial charge >= 0.3 is 0 Å². The molecule has 1 aliphatic rings. The lowest BCUT2D eigenvalue weighted by Crippen LogP contribution is -2.40. The van der Waals surface area contributed by atoms with E-state index in [0.717, 1.165) is 36.7 Å². The Bertz CT molecular complexity index is 1030. The van der Waals surface area contributed by atoms with Gasteiger partial charge in [-0.05, 0) is 29.8 Å². The number of hydrogen-bond donors (Lipinski definition) is 1. The number of amides is 1. The van der Waals surface area contributed by atoms with Crippen LogP contribution >= 0.6 is 0 Å². The van der Waals surface area contributed by atoms with Crippen molar-refractivity contribution in [2.24, 2.45) is 7.05 Å². The number of ether oxygens (including phenoxy) is 2. The van der Waals surface area contributed by atoms with E-state index in [2.05, 4.69) is 39.6 Å². The van der Waals surface area contributed by atoms with Gasteiger partial charge in [0.25, 0.3) is 5.91 Å². The highest BCUT2D eigenvalue weighted by Gasteiger charge is 2.37. The lowest BCUT2D eigenvalue weighted by Gasteiger charge is -2.22. The summed E-state index contributed by atoms with van der Waals surface area (Å²) in [6, 6.07) is 17.9. The average Bonchev–Trinajstić information content (AvgIpc) is 3.39. The molecule has 0 saturated carbocycles. The van der Waals surface area contributed by atoms with Gasteiger partial charge in [-0.3, -0.25) is 14.4 Å². The van der Waals surface area contributed by atoms with Crippen LogP contribution in [0.25, 0.3) is 0 Å². The van der Waals surface area contributed by atoms with Crippen LogP contribution in [0.4, 0.5) is 0 Å². The van der Waals surface area contributed by atoms with Gasteiger partial charge in [0, 0.05) is 44.4 Å². The Morgan fingerprint density at radius 3 is 2.58 bits per heavy atom. The van der Waals surface area contributed by atoms with E-state index in [1.165, 1.54) is 5.56 Å². The number of carbonyl (C=O) groups is 1. The van der Waals surface area contributed by atoms with Gasteiger partial charge in [0.1, 0.15) is 17.2 Å². The van der Waals surface area contributed by atoms with Crippen LogP contribution in [-0.4, -0.2) is 53.9 Å². The quantitative estimate of drug-likeness (QED) is 0.637. The van der Waals surface area contributed by atoms with Crippen LogP contribution in [0, 0.1) is 0 Å². The molecule has 2 aromatic carbocycles. The van der Waals surface area contributed by atoms with Crippen molar-refractivity contribution in [3.8, 4) is 11.5 Å². The molecule has 1 aliphatic heterocycles. The van der Waals surface area contributed by atoms with E-state index < -0.39 is 0 Å². The molecule has 2 atom stereocenters. The molecule has 1 N–H and O–H groups in total. The fourth-order valence-electron chi connectivity index (χ4n) is 4.29. The van der Waals surface area contributed by atoms with E-state index in [0.29, 0.717) is 5.69 Å². The maximum atomic E-state index is 13.0. The minimum atomic E-state index is -0.126. The first kappa shape index (κ1) is 20.9. The first-order valence-corrected chi connectivity index (χ1v) is 10.4. The van der Waals surface area contributed by atoms with Crippen LogP contribution in [0.3, 0.4) is 0 Å². The molecule has 31 heavy (non-hydrogen) atoms. The maximum Gasteiger partial charge on any atom is 0.269 e. The summed E-state index contributed by atoms with van der Waals surface area (Å²) in [4.78, 5) is 15.3.